The molecular weight excluding hydrogens is 300 g/mol. The molecule has 0 heterocycles. The van der Waals surface area contributed by atoms with Crippen LogP contribution in [0.25, 0.3) is 0 Å². The number of nitrogens with zero attached hydrogens (tertiary/aromatic N) is 1. The molecule has 1 aromatic carbocycles. The lowest BCUT2D eigenvalue weighted by Crippen LogP contribution is -2.44. The Morgan fingerprint density at radius 1 is 1.23 bits per heavy atom. The van der Waals surface area contributed by atoms with Gasteiger partial charge >= 0.3 is 6.03 Å². The fourth-order valence-corrected chi connectivity index (χ4v) is 3.63. The standard InChI is InChI=1S/C16H26N2O3S/c1-11-7-12(2)15(13(3)8-11)9-17-16(19)18(5)14(4)10-22(6,20)21/h7-8,14H,9-10H2,1-6H3,(H,17,19). The van der Waals surface area contributed by atoms with Crippen molar-refractivity contribution in [3.05, 3.63) is 34.4 Å². The first-order chi connectivity index (χ1) is 10.0. The highest BCUT2D eigenvalue weighted by Gasteiger charge is 2.19. The van der Waals surface area contributed by atoms with Crippen molar-refractivity contribution in [1.82, 2.24) is 10.2 Å². The number of carbonyl (C=O) groups excluding carboxylic acids is 1. The highest BCUT2D eigenvalue weighted by atomic mass is 32.2. The summed E-state index contributed by atoms with van der Waals surface area (Å²) in [4.78, 5) is 13.6. The van der Waals surface area contributed by atoms with Gasteiger partial charge in [-0.25, -0.2) is 13.2 Å². The minimum atomic E-state index is -3.11. The van der Waals surface area contributed by atoms with Crippen molar-refractivity contribution in [2.24, 2.45) is 0 Å². The summed E-state index contributed by atoms with van der Waals surface area (Å²) in [6.45, 7) is 8.26. The molecule has 1 aromatic rings. The molecule has 0 bridgehead atoms. The average Bonchev–Trinajstić information content (AvgIpc) is 2.34. The molecule has 22 heavy (non-hydrogen) atoms. The maximum Gasteiger partial charge on any atom is 0.317 e. The number of rotatable bonds is 5. The zero-order chi connectivity index (χ0) is 17.1. The molecule has 6 heteroatoms. The fraction of sp³-hybridized carbons (Fsp3) is 0.562. The minimum Gasteiger partial charge on any atom is -0.334 e. The van der Waals surface area contributed by atoms with Gasteiger partial charge in [0.1, 0.15) is 9.84 Å². The van der Waals surface area contributed by atoms with Crippen LogP contribution >= 0.6 is 0 Å². The third-order valence-electron chi connectivity index (χ3n) is 3.78. The van der Waals surface area contributed by atoms with E-state index in [4.69, 9.17) is 0 Å². The minimum absolute atomic E-state index is 0.0422. The number of nitrogens with one attached hydrogen (secondary N) is 1. The van der Waals surface area contributed by atoms with E-state index >= 15 is 0 Å². The highest BCUT2D eigenvalue weighted by molar-refractivity contribution is 7.90. The second-order valence-electron chi connectivity index (χ2n) is 6.09. The summed E-state index contributed by atoms with van der Waals surface area (Å²) >= 11 is 0. The second kappa shape index (κ2) is 7.13. The molecule has 1 unspecified atom stereocenters. The first kappa shape index (κ1) is 18.5. The van der Waals surface area contributed by atoms with Gasteiger partial charge in [-0.05, 0) is 44.4 Å². The molecule has 1 rings (SSSR count). The first-order valence-electron chi connectivity index (χ1n) is 7.26. The number of hydrogen-bond donors (Lipinski definition) is 1. The van der Waals surface area contributed by atoms with Crippen LogP contribution in [0.15, 0.2) is 12.1 Å². The van der Waals surface area contributed by atoms with Gasteiger partial charge < -0.3 is 10.2 Å². The lowest BCUT2D eigenvalue weighted by molar-refractivity contribution is 0.197. The second-order valence-corrected chi connectivity index (χ2v) is 8.27. The molecule has 0 fully saturated rings. The molecule has 0 aliphatic rings. The van der Waals surface area contributed by atoms with Crippen LogP contribution in [-0.4, -0.2) is 44.4 Å². The predicted octanol–water partition coefficient (Wildman–Crippen LogP) is 2.19. The predicted molar refractivity (Wildman–Crippen MR) is 89.8 cm³/mol. The van der Waals surface area contributed by atoms with Gasteiger partial charge in [0.05, 0.1) is 5.75 Å². The Morgan fingerprint density at radius 2 is 1.73 bits per heavy atom. The van der Waals surface area contributed by atoms with E-state index in [2.05, 4.69) is 17.4 Å². The Hall–Kier alpha value is -1.56. The van der Waals surface area contributed by atoms with Crippen molar-refractivity contribution < 1.29 is 13.2 Å². The van der Waals surface area contributed by atoms with E-state index in [0.29, 0.717) is 6.54 Å². The van der Waals surface area contributed by atoms with Gasteiger partial charge in [-0.3, -0.25) is 0 Å². The van der Waals surface area contributed by atoms with Gasteiger partial charge in [-0.15, -0.1) is 0 Å². The molecule has 2 amide bonds. The van der Waals surface area contributed by atoms with Crippen molar-refractivity contribution in [2.75, 3.05) is 19.1 Å². The summed E-state index contributed by atoms with van der Waals surface area (Å²) in [5, 5.41) is 2.86. The molecule has 0 aliphatic carbocycles. The van der Waals surface area contributed by atoms with E-state index in [-0.39, 0.29) is 17.8 Å². The van der Waals surface area contributed by atoms with Crippen molar-refractivity contribution in [1.29, 1.82) is 0 Å². The van der Waals surface area contributed by atoms with Crippen molar-refractivity contribution in [2.45, 2.75) is 40.3 Å². The number of amides is 2. The van der Waals surface area contributed by atoms with E-state index < -0.39 is 9.84 Å². The van der Waals surface area contributed by atoms with Gasteiger partial charge in [-0.2, -0.15) is 0 Å². The number of sulfone groups is 1. The average molecular weight is 326 g/mol. The SMILES string of the molecule is Cc1cc(C)c(CNC(=O)N(C)C(C)CS(C)(=O)=O)c(C)c1. The van der Waals surface area contributed by atoms with Gasteiger partial charge in [0, 0.05) is 25.9 Å². The summed E-state index contributed by atoms with van der Waals surface area (Å²) in [6.07, 6.45) is 1.17. The Kier molecular flexibility index (Phi) is 6.00. The van der Waals surface area contributed by atoms with Gasteiger partial charge in [0.2, 0.25) is 0 Å². The van der Waals surface area contributed by atoms with Crippen LogP contribution in [-0.2, 0) is 16.4 Å². The summed E-state index contributed by atoms with van der Waals surface area (Å²) in [7, 11) is -1.50. The summed E-state index contributed by atoms with van der Waals surface area (Å²) < 4.78 is 22.6. The molecule has 0 saturated carbocycles. The largest absolute Gasteiger partial charge is 0.334 e. The number of aryl methyl sites for hydroxylation is 3. The molecule has 1 atom stereocenters. The van der Waals surface area contributed by atoms with Crippen LogP contribution in [0.5, 0.6) is 0 Å². The molecular formula is C16H26N2O3S. The third kappa shape index (κ3) is 5.33. The zero-order valence-corrected chi connectivity index (χ0v) is 15.0. The van der Waals surface area contributed by atoms with E-state index in [1.165, 1.54) is 16.7 Å². The Bertz CT molecular complexity index is 630. The van der Waals surface area contributed by atoms with E-state index in [9.17, 15) is 13.2 Å². The lowest BCUT2D eigenvalue weighted by Gasteiger charge is -2.25. The molecule has 0 spiro atoms. The smallest absolute Gasteiger partial charge is 0.317 e. The summed E-state index contributed by atoms with van der Waals surface area (Å²) in [6, 6.07) is 3.54. The van der Waals surface area contributed by atoms with E-state index in [1.807, 2.05) is 20.8 Å². The van der Waals surface area contributed by atoms with Crippen LogP contribution < -0.4 is 5.32 Å². The van der Waals surface area contributed by atoms with Crippen molar-refractivity contribution >= 4 is 15.9 Å². The molecule has 1 N–H and O–H groups in total. The number of benzene rings is 1. The fourth-order valence-electron chi connectivity index (χ4n) is 2.53. The molecule has 0 aliphatic heterocycles. The van der Waals surface area contributed by atoms with Crippen LogP contribution in [0.3, 0.4) is 0 Å². The molecule has 0 aromatic heterocycles. The molecule has 124 valence electrons. The van der Waals surface area contributed by atoms with E-state index in [1.54, 1.807) is 14.0 Å². The van der Waals surface area contributed by atoms with Gasteiger partial charge in [0.25, 0.3) is 0 Å². The number of urea groups is 1. The van der Waals surface area contributed by atoms with Crippen LogP contribution in [0.2, 0.25) is 0 Å². The zero-order valence-electron chi connectivity index (χ0n) is 14.2. The normalized spacial score (nSPS) is 12.8. The maximum absolute atomic E-state index is 12.2. The first-order valence-corrected chi connectivity index (χ1v) is 9.32. The van der Waals surface area contributed by atoms with Crippen molar-refractivity contribution in [3.63, 3.8) is 0 Å². The lowest BCUT2D eigenvalue weighted by atomic mass is 10.00. The molecule has 0 radical (unpaired) electrons. The van der Waals surface area contributed by atoms with E-state index in [0.717, 1.165) is 16.7 Å². The molecule has 5 nitrogen and oxygen atoms in total. The highest BCUT2D eigenvalue weighted by Crippen LogP contribution is 2.16. The van der Waals surface area contributed by atoms with Gasteiger partial charge in [0.15, 0.2) is 0 Å². The van der Waals surface area contributed by atoms with Gasteiger partial charge in [-0.1, -0.05) is 17.7 Å². The van der Waals surface area contributed by atoms with Crippen LogP contribution in [0, 0.1) is 20.8 Å². The summed E-state index contributed by atoms with van der Waals surface area (Å²) in [5.41, 5.74) is 4.58. The van der Waals surface area contributed by atoms with Crippen molar-refractivity contribution in [3.8, 4) is 0 Å². The molecule has 0 saturated heterocycles. The Morgan fingerprint density at radius 3 is 2.18 bits per heavy atom. The van der Waals surface area contributed by atoms with Crippen LogP contribution in [0.1, 0.15) is 29.2 Å². The number of carbonyl (C=O) groups is 1. The quantitative estimate of drug-likeness (QED) is 0.902. The number of hydrogen-bond acceptors (Lipinski definition) is 3. The maximum atomic E-state index is 12.2. The topological polar surface area (TPSA) is 66.5 Å². The third-order valence-corrected chi connectivity index (χ3v) is 4.87. The Labute approximate surface area is 133 Å². The monoisotopic (exact) mass is 326 g/mol. The summed E-state index contributed by atoms with van der Waals surface area (Å²) in [5.74, 6) is -0.0422. The Balaban J connectivity index is 2.70. The van der Waals surface area contributed by atoms with Crippen LogP contribution in [0.4, 0.5) is 4.79 Å².